The maximum atomic E-state index is 12.5. The van der Waals surface area contributed by atoms with Crippen LogP contribution in [0.3, 0.4) is 0 Å². The Kier molecular flexibility index (Phi) is 5.49. The SMILES string of the molecule is COc1ccc2c(c1)OC[C@H](CNC(=O)c1cc(CC(C)C)nn1C)C2. The minimum absolute atomic E-state index is 0.0875. The first kappa shape index (κ1) is 18.3. The highest BCUT2D eigenvalue weighted by molar-refractivity contribution is 5.92. The highest BCUT2D eigenvalue weighted by Gasteiger charge is 2.22. The summed E-state index contributed by atoms with van der Waals surface area (Å²) in [5, 5.41) is 7.46. The summed E-state index contributed by atoms with van der Waals surface area (Å²) in [6, 6.07) is 7.76. The molecule has 2 aromatic rings. The van der Waals surface area contributed by atoms with Gasteiger partial charge in [0.1, 0.15) is 17.2 Å². The summed E-state index contributed by atoms with van der Waals surface area (Å²) in [6.07, 6.45) is 1.75. The average molecular weight is 357 g/mol. The lowest BCUT2D eigenvalue weighted by Gasteiger charge is -2.25. The number of hydrogen-bond donors (Lipinski definition) is 1. The van der Waals surface area contributed by atoms with Crippen molar-refractivity contribution < 1.29 is 14.3 Å². The van der Waals surface area contributed by atoms with Crippen LogP contribution in [0, 0.1) is 11.8 Å². The van der Waals surface area contributed by atoms with Crippen molar-refractivity contribution in [2.45, 2.75) is 26.7 Å². The van der Waals surface area contributed by atoms with Gasteiger partial charge in [0.25, 0.3) is 5.91 Å². The third-order valence-corrected chi connectivity index (χ3v) is 4.59. The molecule has 1 aromatic heterocycles. The van der Waals surface area contributed by atoms with Crippen LogP contribution in [0.4, 0.5) is 0 Å². The molecule has 2 heterocycles. The van der Waals surface area contributed by atoms with Crippen molar-refractivity contribution in [3.63, 3.8) is 0 Å². The predicted molar refractivity (Wildman–Crippen MR) is 99.8 cm³/mol. The van der Waals surface area contributed by atoms with E-state index < -0.39 is 0 Å². The van der Waals surface area contributed by atoms with Gasteiger partial charge in [-0.25, -0.2) is 0 Å². The normalized spacial score (nSPS) is 16.1. The molecule has 6 nitrogen and oxygen atoms in total. The van der Waals surface area contributed by atoms with Crippen LogP contribution in [0.15, 0.2) is 24.3 Å². The van der Waals surface area contributed by atoms with Crippen molar-refractivity contribution in [3.05, 3.63) is 41.2 Å². The van der Waals surface area contributed by atoms with Gasteiger partial charge in [-0.1, -0.05) is 19.9 Å². The zero-order chi connectivity index (χ0) is 18.7. The van der Waals surface area contributed by atoms with Crippen molar-refractivity contribution in [3.8, 4) is 11.5 Å². The number of rotatable bonds is 6. The van der Waals surface area contributed by atoms with E-state index in [-0.39, 0.29) is 11.8 Å². The summed E-state index contributed by atoms with van der Waals surface area (Å²) in [4.78, 5) is 12.5. The molecular weight excluding hydrogens is 330 g/mol. The molecule has 1 atom stereocenters. The van der Waals surface area contributed by atoms with Gasteiger partial charge >= 0.3 is 0 Å². The Hall–Kier alpha value is -2.50. The number of ether oxygens (including phenoxy) is 2. The smallest absolute Gasteiger partial charge is 0.269 e. The number of amides is 1. The maximum Gasteiger partial charge on any atom is 0.269 e. The lowest BCUT2D eigenvalue weighted by molar-refractivity contribution is 0.0929. The second kappa shape index (κ2) is 7.81. The Morgan fingerprint density at radius 2 is 2.23 bits per heavy atom. The molecule has 1 aliphatic rings. The van der Waals surface area contributed by atoms with Gasteiger partial charge < -0.3 is 14.8 Å². The van der Waals surface area contributed by atoms with Gasteiger partial charge in [-0.05, 0) is 36.5 Å². The number of benzene rings is 1. The van der Waals surface area contributed by atoms with Crippen LogP contribution in [0.25, 0.3) is 0 Å². The number of methoxy groups -OCH3 is 1. The molecule has 1 N–H and O–H groups in total. The fourth-order valence-corrected chi connectivity index (χ4v) is 3.26. The molecule has 0 radical (unpaired) electrons. The Morgan fingerprint density at radius 3 is 2.96 bits per heavy atom. The lowest BCUT2D eigenvalue weighted by Crippen LogP contribution is -2.35. The van der Waals surface area contributed by atoms with Crippen molar-refractivity contribution in [2.24, 2.45) is 18.9 Å². The predicted octanol–water partition coefficient (Wildman–Crippen LogP) is 2.61. The fourth-order valence-electron chi connectivity index (χ4n) is 3.26. The van der Waals surface area contributed by atoms with Crippen molar-refractivity contribution >= 4 is 5.91 Å². The summed E-state index contributed by atoms with van der Waals surface area (Å²) >= 11 is 0. The van der Waals surface area contributed by atoms with Crippen LogP contribution in [-0.2, 0) is 19.9 Å². The van der Waals surface area contributed by atoms with Gasteiger partial charge in [0.2, 0.25) is 0 Å². The summed E-state index contributed by atoms with van der Waals surface area (Å²) in [7, 11) is 3.46. The molecule has 3 rings (SSSR count). The second-order valence-corrected chi connectivity index (χ2v) is 7.31. The number of nitrogens with one attached hydrogen (secondary N) is 1. The van der Waals surface area contributed by atoms with Crippen LogP contribution >= 0.6 is 0 Å². The first-order valence-electron chi connectivity index (χ1n) is 9.07. The first-order chi connectivity index (χ1) is 12.5. The molecule has 0 saturated heterocycles. The van der Waals surface area contributed by atoms with Crippen LogP contribution in [0.1, 0.15) is 35.6 Å². The Bertz CT molecular complexity index is 783. The zero-order valence-corrected chi connectivity index (χ0v) is 15.9. The Balaban J connectivity index is 1.57. The number of aromatic nitrogens is 2. The number of fused-ring (bicyclic) bond motifs is 1. The number of nitrogens with zero attached hydrogens (tertiary/aromatic N) is 2. The van der Waals surface area contributed by atoms with E-state index in [0.717, 1.165) is 35.6 Å². The first-order valence-corrected chi connectivity index (χ1v) is 9.07. The van der Waals surface area contributed by atoms with E-state index in [1.807, 2.05) is 31.3 Å². The molecule has 26 heavy (non-hydrogen) atoms. The van der Waals surface area contributed by atoms with E-state index >= 15 is 0 Å². The largest absolute Gasteiger partial charge is 0.497 e. The number of carbonyl (C=O) groups excluding carboxylic acids is 1. The summed E-state index contributed by atoms with van der Waals surface area (Å²) < 4.78 is 12.7. The average Bonchev–Trinajstić information content (AvgIpc) is 2.98. The molecule has 1 aromatic carbocycles. The zero-order valence-electron chi connectivity index (χ0n) is 15.9. The monoisotopic (exact) mass is 357 g/mol. The molecular formula is C20H27N3O3. The van der Waals surface area contributed by atoms with Gasteiger partial charge in [0.15, 0.2) is 0 Å². The van der Waals surface area contributed by atoms with E-state index in [9.17, 15) is 4.79 Å². The third kappa shape index (κ3) is 4.18. The molecule has 140 valence electrons. The van der Waals surface area contributed by atoms with Crippen LogP contribution in [-0.4, -0.2) is 35.9 Å². The molecule has 0 spiro atoms. The fraction of sp³-hybridized carbons (Fsp3) is 0.500. The van der Waals surface area contributed by atoms with Crippen LogP contribution < -0.4 is 14.8 Å². The van der Waals surface area contributed by atoms with Crippen molar-refractivity contribution in [1.29, 1.82) is 0 Å². The minimum atomic E-state index is -0.0875. The molecule has 1 aliphatic heterocycles. The lowest BCUT2D eigenvalue weighted by atomic mass is 9.96. The Labute approximate surface area is 154 Å². The van der Waals surface area contributed by atoms with Gasteiger partial charge in [-0.3, -0.25) is 9.48 Å². The summed E-state index contributed by atoms with van der Waals surface area (Å²) in [6.45, 7) is 5.45. The van der Waals surface area contributed by atoms with E-state index in [1.54, 1.807) is 11.8 Å². The van der Waals surface area contributed by atoms with Crippen LogP contribution in [0.5, 0.6) is 11.5 Å². The Morgan fingerprint density at radius 1 is 1.42 bits per heavy atom. The number of hydrogen-bond acceptors (Lipinski definition) is 4. The second-order valence-electron chi connectivity index (χ2n) is 7.31. The number of aryl methyl sites for hydroxylation is 1. The molecule has 0 aliphatic carbocycles. The molecule has 1 amide bonds. The van der Waals surface area contributed by atoms with Gasteiger partial charge in [0, 0.05) is 25.6 Å². The standard InChI is InChI=1S/C20H27N3O3/c1-13(2)7-16-9-18(23(3)22-16)20(24)21-11-14-8-15-5-6-17(25-4)10-19(15)26-12-14/h5-6,9-10,13-14H,7-8,11-12H2,1-4H3,(H,21,24)/t14-/m0/s1. The molecule has 0 saturated carbocycles. The van der Waals surface area contributed by atoms with Gasteiger partial charge in [0.05, 0.1) is 19.4 Å². The summed E-state index contributed by atoms with van der Waals surface area (Å²) in [5.41, 5.74) is 2.70. The maximum absolute atomic E-state index is 12.5. The molecule has 0 bridgehead atoms. The topological polar surface area (TPSA) is 65.4 Å². The quantitative estimate of drug-likeness (QED) is 0.863. The van der Waals surface area contributed by atoms with E-state index in [4.69, 9.17) is 9.47 Å². The molecule has 0 unspecified atom stereocenters. The van der Waals surface area contributed by atoms with Crippen molar-refractivity contribution in [1.82, 2.24) is 15.1 Å². The van der Waals surface area contributed by atoms with Crippen LogP contribution in [0.2, 0.25) is 0 Å². The number of carbonyl (C=O) groups is 1. The van der Waals surface area contributed by atoms with E-state index in [2.05, 4.69) is 24.3 Å². The van der Waals surface area contributed by atoms with E-state index in [0.29, 0.717) is 24.8 Å². The van der Waals surface area contributed by atoms with Crippen molar-refractivity contribution in [2.75, 3.05) is 20.3 Å². The molecule has 0 fully saturated rings. The van der Waals surface area contributed by atoms with Gasteiger partial charge in [-0.2, -0.15) is 5.10 Å². The third-order valence-electron chi connectivity index (χ3n) is 4.59. The summed E-state index contributed by atoms with van der Waals surface area (Å²) in [5.74, 6) is 2.35. The highest BCUT2D eigenvalue weighted by Crippen LogP contribution is 2.30. The highest BCUT2D eigenvalue weighted by atomic mass is 16.5. The van der Waals surface area contributed by atoms with E-state index in [1.165, 1.54) is 0 Å². The minimum Gasteiger partial charge on any atom is -0.497 e. The molecule has 6 heteroatoms. The van der Waals surface area contributed by atoms with Gasteiger partial charge in [-0.15, -0.1) is 0 Å².